The van der Waals surface area contributed by atoms with Crippen molar-refractivity contribution in [3.05, 3.63) is 83.7 Å². The van der Waals surface area contributed by atoms with Crippen LogP contribution >= 0.6 is 11.8 Å². The molecule has 2 saturated heterocycles. The van der Waals surface area contributed by atoms with Gasteiger partial charge in [-0.1, -0.05) is 65.9 Å². The van der Waals surface area contributed by atoms with Gasteiger partial charge in [-0.05, 0) is 31.9 Å². The molecule has 3 aromatic rings. The molecule has 2 fully saturated rings. The van der Waals surface area contributed by atoms with Crippen molar-refractivity contribution >= 4 is 29.5 Å². The maximum absolute atomic E-state index is 13.4. The maximum atomic E-state index is 13.4. The molecule has 0 radical (unpaired) electrons. The number of fused-ring (bicyclic) bond motifs is 1. The summed E-state index contributed by atoms with van der Waals surface area (Å²) in [5.41, 5.74) is 2.47. The molecule has 0 spiro atoms. The van der Waals surface area contributed by atoms with Crippen molar-refractivity contribution in [2.75, 3.05) is 0 Å². The second-order valence-electron chi connectivity index (χ2n) is 10.3. The molecule has 4 atom stereocenters. The van der Waals surface area contributed by atoms with Crippen molar-refractivity contribution in [3.8, 4) is 0 Å². The number of aromatic nitrogens is 3. The number of hydrogen-bond acceptors (Lipinski definition) is 6. The van der Waals surface area contributed by atoms with Crippen LogP contribution in [0.15, 0.2) is 66.9 Å². The Bertz CT molecular complexity index is 1310. The summed E-state index contributed by atoms with van der Waals surface area (Å²) in [6, 6.07) is 17.6. The third-order valence-electron chi connectivity index (χ3n) is 7.31. The molecule has 3 amide bonds. The fraction of sp³-hybridized carbons (Fsp3) is 0.393. The molecule has 2 N–H and O–H groups in total. The third-order valence-corrected chi connectivity index (χ3v) is 9.00. The average molecular weight is 533 g/mol. The monoisotopic (exact) mass is 532 g/mol. The zero-order valence-corrected chi connectivity index (χ0v) is 22.5. The Morgan fingerprint density at radius 1 is 1.08 bits per heavy atom. The van der Waals surface area contributed by atoms with Crippen LogP contribution in [0.1, 0.15) is 50.1 Å². The summed E-state index contributed by atoms with van der Waals surface area (Å²) in [7, 11) is 0. The van der Waals surface area contributed by atoms with Gasteiger partial charge in [0.05, 0.1) is 12.2 Å². The van der Waals surface area contributed by atoms with Crippen LogP contribution in [0.25, 0.3) is 0 Å². The molecule has 2 aromatic carbocycles. The summed E-state index contributed by atoms with van der Waals surface area (Å²) < 4.78 is 1.65. The highest BCUT2D eigenvalue weighted by molar-refractivity contribution is 8.01. The number of benzene rings is 2. The average Bonchev–Trinajstić information content (AvgIpc) is 3.44. The topological polar surface area (TPSA) is 109 Å². The fourth-order valence-corrected chi connectivity index (χ4v) is 6.51. The van der Waals surface area contributed by atoms with Gasteiger partial charge < -0.3 is 15.5 Å². The van der Waals surface area contributed by atoms with Crippen LogP contribution < -0.4 is 10.6 Å². The van der Waals surface area contributed by atoms with E-state index in [0.717, 1.165) is 5.56 Å². The Morgan fingerprint density at radius 3 is 2.47 bits per heavy atom. The molecular formula is C28H32N6O3S. The molecule has 0 aliphatic carbocycles. The van der Waals surface area contributed by atoms with Crippen LogP contribution in [0.3, 0.4) is 0 Å². The molecule has 1 aromatic heterocycles. The molecule has 5 rings (SSSR count). The van der Waals surface area contributed by atoms with Crippen molar-refractivity contribution in [1.29, 1.82) is 0 Å². The van der Waals surface area contributed by atoms with Crippen molar-refractivity contribution in [1.82, 2.24) is 30.5 Å². The lowest BCUT2D eigenvalue weighted by molar-refractivity contribution is -0.151. The standard InChI is InChI=1S/C28H32N6O3S/c1-18-28(2,3)38-27-24(26(37)34(18)27)30-25(36)23(20-12-8-5-9-13-20)29-22(35)15-14-21-17-33(32-31-21)16-19-10-6-4-7-11-19/h4-13,17-18,23-24,27H,14-16H2,1-3H3,(H,29,35)(H,30,36)/t18-,23+,24+,27+/m0/s1. The van der Waals surface area contributed by atoms with Gasteiger partial charge in [0.1, 0.15) is 17.5 Å². The Labute approximate surface area is 226 Å². The highest BCUT2D eigenvalue weighted by Gasteiger charge is 2.60. The summed E-state index contributed by atoms with van der Waals surface area (Å²) in [4.78, 5) is 41.0. The number of amides is 3. The molecule has 10 heteroatoms. The highest BCUT2D eigenvalue weighted by Crippen LogP contribution is 2.50. The Hall–Kier alpha value is -3.66. The van der Waals surface area contributed by atoms with Crippen molar-refractivity contribution in [3.63, 3.8) is 0 Å². The minimum atomic E-state index is -0.906. The first kappa shape index (κ1) is 26.0. The first-order valence-electron chi connectivity index (χ1n) is 12.8. The number of carbonyl (C=O) groups excluding carboxylic acids is 3. The van der Waals surface area contributed by atoms with E-state index in [1.807, 2.05) is 66.6 Å². The van der Waals surface area contributed by atoms with E-state index in [2.05, 4.69) is 34.8 Å². The minimum Gasteiger partial charge on any atom is -0.341 e. The predicted molar refractivity (Wildman–Crippen MR) is 145 cm³/mol. The second kappa shape index (κ2) is 10.6. The van der Waals surface area contributed by atoms with Gasteiger partial charge in [0.15, 0.2) is 0 Å². The van der Waals surface area contributed by atoms with E-state index >= 15 is 0 Å². The molecule has 9 nitrogen and oxygen atoms in total. The van der Waals surface area contributed by atoms with Gasteiger partial charge in [-0.3, -0.25) is 14.4 Å². The summed E-state index contributed by atoms with van der Waals surface area (Å²) in [6.07, 6.45) is 2.38. The van der Waals surface area contributed by atoms with E-state index in [-0.39, 0.29) is 34.4 Å². The van der Waals surface area contributed by atoms with Crippen molar-refractivity contribution in [2.45, 2.75) is 68.4 Å². The third kappa shape index (κ3) is 5.31. The van der Waals surface area contributed by atoms with Crippen LogP contribution in [0, 0.1) is 0 Å². The second-order valence-corrected chi connectivity index (χ2v) is 12.1. The molecule has 2 aliphatic rings. The fourth-order valence-electron chi connectivity index (χ4n) is 4.86. The number of carbonyl (C=O) groups is 3. The Morgan fingerprint density at radius 2 is 1.76 bits per heavy atom. The maximum Gasteiger partial charge on any atom is 0.249 e. The van der Waals surface area contributed by atoms with Crippen LogP contribution in [0.5, 0.6) is 0 Å². The van der Waals surface area contributed by atoms with E-state index in [9.17, 15) is 14.4 Å². The lowest BCUT2D eigenvalue weighted by Crippen LogP contribution is -2.69. The number of β-lactam (4-membered cyclic amide) rings is 1. The summed E-state index contributed by atoms with van der Waals surface area (Å²) in [5.74, 6) is -0.752. The normalized spacial score (nSPS) is 22.3. The summed E-state index contributed by atoms with van der Waals surface area (Å²) in [5, 5.41) is 14.0. The summed E-state index contributed by atoms with van der Waals surface area (Å²) in [6.45, 7) is 6.86. The lowest BCUT2D eigenvalue weighted by Gasteiger charge is -2.44. The van der Waals surface area contributed by atoms with Crippen LogP contribution in [-0.2, 0) is 27.3 Å². The van der Waals surface area contributed by atoms with Crippen LogP contribution in [0.2, 0.25) is 0 Å². The molecule has 38 heavy (non-hydrogen) atoms. The molecule has 0 saturated carbocycles. The first-order chi connectivity index (χ1) is 18.2. The van der Waals surface area contributed by atoms with Gasteiger partial charge in [0, 0.05) is 29.8 Å². The summed E-state index contributed by atoms with van der Waals surface area (Å²) >= 11 is 1.70. The quantitative estimate of drug-likeness (QED) is 0.410. The van der Waals surface area contributed by atoms with Crippen molar-refractivity contribution in [2.24, 2.45) is 0 Å². The molecule has 3 heterocycles. The Kier molecular flexibility index (Phi) is 7.25. The van der Waals surface area contributed by atoms with Gasteiger partial charge in [0.2, 0.25) is 17.7 Å². The number of aryl methyl sites for hydroxylation is 1. The predicted octanol–water partition coefficient (Wildman–Crippen LogP) is 2.68. The molecule has 198 valence electrons. The SMILES string of the molecule is C[C@@H]1N2C(=O)[C@@H](NC(=O)[C@H](NC(=O)CCc3cn(Cc4ccccc4)nn3)c3ccccc3)[C@H]2SC1(C)C. The minimum absolute atomic E-state index is 0.0781. The van der Waals surface area contributed by atoms with Gasteiger partial charge in [-0.25, -0.2) is 4.68 Å². The number of nitrogens with zero attached hydrogens (tertiary/aromatic N) is 4. The van der Waals surface area contributed by atoms with Gasteiger partial charge in [-0.2, -0.15) is 0 Å². The Balaban J connectivity index is 1.20. The van der Waals surface area contributed by atoms with Gasteiger partial charge in [0.25, 0.3) is 0 Å². The van der Waals surface area contributed by atoms with E-state index in [0.29, 0.717) is 24.2 Å². The zero-order valence-electron chi connectivity index (χ0n) is 21.7. The smallest absolute Gasteiger partial charge is 0.249 e. The number of rotatable bonds is 9. The van der Waals surface area contributed by atoms with E-state index in [1.165, 1.54) is 0 Å². The van der Waals surface area contributed by atoms with Gasteiger partial charge >= 0.3 is 0 Å². The number of hydrogen-bond donors (Lipinski definition) is 2. The molecule has 2 aliphatic heterocycles. The molecule has 0 bridgehead atoms. The van der Waals surface area contributed by atoms with Crippen LogP contribution in [0.4, 0.5) is 0 Å². The highest BCUT2D eigenvalue weighted by atomic mass is 32.2. The van der Waals surface area contributed by atoms with Crippen LogP contribution in [-0.4, -0.2) is 59.8 Å². The number of thioether (sulfide) groups is 1. The largest absolute Gasteiger partial charge is 0.341 e. The zero-order chi connectivity index (χ0) is 26.9. The van der Waals surface area contributed by atoms with Crippen molar-refractivity contribution < 1.29 is 14.4 Å². The van der Waals surface area contributed by atoms with Gasteiger partial charge in [-0.15, -0.1) is 16.9 Å². The first-order valence-corrected chi connectivity index (χ1v) is 13.7. The lowest BCUT2D eigenvalue weighted by atomic mass is 9.97. The van der Waals surface area contributed by atoms with E-state index in [1.54, 1.807) is 28.6 Å². The molecule has 0 unspecified atom stereocenters. The van der Waals surface area contributed by atoms with E-state index < -0.39 is 18.0 Å². The number of nitrogens with one attached hydrogen (secondary N) is 2. The molecular weight excluding hydrogens is 500 g/mol. The van der Waals surface area contributed by atoms with E-state index in [4.69, 9.17) is 0 Å².